The number of fused-ring (bicyclic) bond motifs is 1. The van der Waals surface area contributed by atoms with Gasteiger partial charge >= 0.3 is 6.09 Å². The molecule has 0 saturated heterocycles. The van der Waals surface area contributed by atoms with Crippen molar-refractivity contribution in [3.8, 4) is 0 Å². The molecule has 0 aromatic carbocycles. The SMILES string of the molecule is CCC(CNc1ncnc2ccsc12)NC(=O)OC(C)(C)C. The van der Waals surface area contributed by atoms with Crippen molar-refractivity contribution in [2.24, 2.45) is 0 Å². The number of aromatic nitrogens is 2. The lowest BCUT2D eigenvalue weighted by Crippen LogP contribution is -2.42. The number of carbonyl (C=O) groups is 1. The molecule has 0 saturated carbocycles. The Morgan fingerprint density at radius 2 is 2.18 bits per heavy atom. The van der Waals surface area contributed by atoms with Crippen LogP contribution in [0.4, 0.5) is 10.6 Å². The van der Waals surface area contributed by atoms with E-state index < -0.39 is 11.7 Å². The molecule has 0 aliphatic heterocycles. The van der Waals surface area contributed by atoms with Crippen LogP contribution >= 0.6 is 11.3 Å². The summed E-state index contributed by atoms with van der Waals surface area (Å²) in [6.45, 7) is 8.14. The van der Waals surface area contributed by atoms with Crippen molar-refractivity contribution in [2.45, 2.75) is 45.8 Å². The predicted octanol–water partition coefficient (Wildman–Crippen LogP) is 3.41. The summed E-state index contributed by atoms with van der Waals surface area (Å²) < 4.78 is 6.30. The second kappa shape index (κ2) is 6.91. The maximum atomic E-state index is 11.8. The van der Waals surface area contributed by atoms with Crippen molar-refractivity contribution < 1.29 is 9.53 Å². The van der Waals surface area contributed by atoms with Gasteiger partial charge in [-0.05, 0) is 38.6 Å². The van der Waals surface area contributed by atoms with Crippen LogP contribution in [0.5, 0.6) is 0 Å². The summed E-state index contributed by atoms with van der Waals surface area (Å²) in [5, 5.41) is 8.14. The first-order valence-electron chi connectivity index (χ1n) is 7.30. The van der Waals surface area contributed by atoms with Crippen molar-refractivity contribution >= 4 is 33.5 Å². The topological polar surface area (TPSA) is 76.1 Å². The molecular weight excluding hydrogens is 300 g/mol. The fourth-order valence-electron chi connectivity index (χ4n) is 1.91. The molecule has 2 heterocycles. The second-order valence-corrected chi connectivity index (χ2v) is 6.91. The van der Waals surface area contributed by atoms with Gasteiger partial charge in [0.1, 0.15) is 17.7 Å². The van der Waals surface area contributed by atoms with Gasteiger partial charge in [-0.1, -0.05) is 6.92 Å². The Morgan fingerprint density at radius 3 is 2.86 bits per heavy atom. The first kappa shape index (κ1) is 16.5. The van der Waals surface area contributed by atoms with Crippen molar-refractivity contribution in [2.75, 3.05) is 11.9 Å². The Bertz CT molecular complexity index is 636. The maximum absolute atomic E-state index is 11.8. The number of amides is 1. The van der Waals surface area contributed by atoms with Crippen LogP contribution in [0.1, 0.15) is 34.1 Å². The highest BCUT2D eigenvalue weighted by Gasteiger charge is 2.19. The van der Waals surface area contributed by atoms with E-state index in [9.17, 15) is 4.79 Å². The van der Waals surface area contributed by atoms with Crippen LogP contribution in [0.2, 0.25) is 0 Å². The van der Waals surface area contributed by atoms with Crippen molar-refractivity contribution in [3.63, 3.8) is 0 Å². The van der Waals surface area contributed by atoms with Gasteiger partial charge in [-0.15, -0.1) is 11.3 Å². The number of rotatable bonds is 5. The highest BCUT2D eigenvalue weighted by atomic mass is 32.1. The Morgan fingerprint density at radius 1 is 1.41 bits per heavy atom. The molecule has 22 heavy (non-hydrogen) atoms. The van der Waals surface area contributed by atoms with E-state index in [4.69, 9.17) is 4.74 Å². The second-order valence-electron chi connectivity index (χ2n) is 5.99. The van der Waals surface area contributed by atoms with E-state index in [1.165, 1.54) is 0 Å². The third kappa shape index (κ3) is 4.56. The molecule has 2 rings (SSSR count). The monoisotopic (exact) mass is 322 g/mol. The third-order valence-electron chi connectivity index (χ3n) is 2.97. The molecule has 2 aromatic rings. The summed E-state index contributed by atoms with van der Waals surface area (Å²) in [6.07, 6.45) is 1.94. The molecule has 6 nitrogen and oxygen atoms in total. The number of carbonyl (C=O) groups excluding carboxylic acids is 1. The first-order chi connectivity index (χ1) is 10.4. The molecule has 0 bridgehead atoms. The van der Waals surface area contributed by atoms with Gasteiger partial charge in [-0.2, -0.15) is 0 Å². The maximum Gasteiger partial charge on any atom is 0.407 e. The van der Waals surface area contributed by atoms with Gasteiger partial charge in [0.15, 0.2) is 0 Å². The van der Waals surface area contributed by atoms with Crippen LogP contribution < -0.4 is 10.6 Å². The highest BCUT2D eigenvalue weighted by Crippen LogP contribution is 2.24. The summed E-state index contributed by atoms with van der Waals surface area (Å²) in [5.41, 5.74) is 0.432. The zero-order valence-corrected chi connectivity index (χ0v) is 14.2. The number of ether oxygens (including phenoxy) is 1. The smallest absolute Gasteiger partial charge is 0.407 e. The Kier molecular flexibility index (Phi) is 5.18. The van der Waals surface area contributed by atoms with Gasteiger partial charge in [-0.25, -0.2) is 14.8 Å². The fraction of sp³-hybridized carbons (Fsp3) is 0.533. The molecule has 2 N–H and O–H groups in total. The Hall–Kier alpha value is -1.89. The zero-order chi connectivity index (χ0) is 16.2. The van der Waals surface area contributed by atoms with Gasteiger partial charge in [0.25, 0.3) is 0 Å². The van der Waals surface area contributed by atoms with Crippen LogP contribution in [0.3, 0.4) is 0 Å². The summed E-state index contributed by atoms with van der Waals surface area (Å²) in [4.78, 5) is 20.3. The molecule has 2 aromatic heterocycles. The largest absolute Gasteiger partial charge is 0.444 e. The van der Waals surface area contributed by atoms with Crippen molar-refractivity contribution in [1.82, 2.24) is 15.3 Å². The minimum Gasteiger partial charge on any atom is -0.444 e. The van der Waals surface area contributed by atoms with E-state index in [0.29, 0.717) is 6.54 Å². The summed E-state index contributed by atoms with van der Waals surface area (Å²) in [6, 6.07) is 1.93. The number of anilines is 1. The zero-order valence-electron chi connectivity index (χ0n) is 13.3. The molecule has 1 unspecified atom stereocenters. The van der Waals surface area contributed by atoms with Crippen LogP contribution in [0.25, 0.3) is 10.2 Å². The molecule has 0 radical (unpaired) electrons. The van der Waals surface area contributed by atoms with Crippen molar-refractivity contribution in [1.29, 1.82) is 0 Å². The molecule has 0 fully saturated rings. The number of hydrogen-bond donors (Lipinski definition) is 2. The average Bonchev–Trinajstić information content (AvgIpc) is 2.90. The Balaban J connectivity index is 1.94. The average molecular weight is 322 g/mol. The molecule has 0 spiro atoms. The van der Waals surface area contributed by atoms with Gasteiger partial charge in [0.2, 0.25) is 0 Å². The number of alkyl carbamates (subject to hydrolysis) is 1. The standard InChI is InChI=1S/C15H22N4O2S/c1-5-10(19-14(20)21-15(2,3)4)8-16-13-12-11(6-7-22-12)17-9-18-13/h6-7,9-10H,5,8H2,1-4H3,(H,19,20)(H,16,17,18). The van der Waals surface area contributed by atoms with Crippen LogP contribution in [-0.2, 0) is 4.74 Å². The predicted molar refractivity (Wildman–Crippen MR) is 89.4 cm³/mol. The van der Waals surface area contributed by atoms with E-state index in [1.54, 1.807) is 17.7 Å². The minimum absolute atomic E-state index is 0.0279. The molecule has 1 amide bonds. The van der Waals surface area contributed by atoms with Gasteiger partial charge in [0.05, 0.1) is 10.2 Å². The Labute approximate surface area is 134 Å². The van der Waals surface area contributed by atoms with Gasteiger partial charge < -0.3 is 15.4 Å². The number of nitrogens with zero attached hydrogens (tertiary/aromatic N) is 2. The first-order valence-corrected chi connectivity index (χ1v) is 8.18. The van der Waals surface area contributed by atoms with Crippen LogP contribution in [0, 0.1) is 0 Å². The van der Waals surface area contributed by atoms with E-state index in [1.807, 2.05) is 39.1 Å². The quantitative estimate of drug-likeness (QED) is 0.882. The molecule has 1 atom stereocenters. The van der Waals surface area contributed by atoms with Gasteiger partial charge in [-0.3, -0.25) is 0 Å². The van der Waals surface area contributed by atoms with E-state index in [2.05, 4.69) is 20.6 Å². The van der Waals surface area contributed by atoms with E-state index >= 15 is 0 Å². The molecule has 7 heteroatoms. The summed E-state index contributed by atoms with van der Waals surface area (Å²) in [7, 11) is 0. The summed E-state index contributed by atoms with van der Waals surface area (Å²) in [5.74, 6) is 0.796. The lowest BCUT2D eigenvalue weighted by molar-refractivity contribution is 0.0506. The number of nitrogens with one attached hydrogen (secondary N) is 2. The van der Waals surface area contributed by atoms with Gasteiger partial charge in [0, 0.05) is 12.6 Å². The van der Waals surface area contributed by atoms with Crippen molar-refractivity contribution in [3.05, 3.63) is 17.8 Å². The number of thiophene rings is 1. The van der Waals surface area contributed by atoms with E-state index in [-0.39, 0.29) is 6.04 Å². The van der Waals surface area contributed by atoms with E-state index in [0.717, 1.165) is 22.5 Å². The van der Waals surface area contributed by atoms with Crippen LogP contribution in [0.15, 0.2) is 17.8 Å². The fourth-order valence-corrected chi connectivity index (χ4v) is 2.72. The van der Waals surface area contributed by atoms with Crippen LogP contribution in [-0.4, -0.2) is 34.2 Å². The summed E-state index contributed by atoms with van der Waals surface area (Å²) >= 11 is 1.60. The lowest BCUT2D eigenvalue weighted by Gasteiger charge is -2.23. The lowest BCUT2D eigenvalue weighted by atomic mass is 10.2. The minimum atomic E-state index is -0.494. The molecule has 0 aliphatic rings. The molecular formula is C15H22N4O2S. The molecule has 0 aliphatic carbocycles. The number of hydrogen-bond acceptors (Lipinski definition) is 6. The normalized spacial score (nSPS) is 12.9. The highest BCUT2D eigenvalue weighted by molar-refractivity contribution is 7.17. The molecule has 120 valence electrons. The third-order valence-corrected chi connectivity index (χ3v) is 3.88.